The molecule has 1 atom stereocenters. The van der Waals surface area contributed by atoms with Crippen molar-refractivity contribution in [3.63, 3.8) is 0 Å². The third kappa shape index (κ3) is 3.00. The Labute approximate surface area is 107 Å². The molecule has 0 bridgehead atoms. The highest BCUT2D eigenvalue weighted by molar-refractivity contribution is 5.31. The van der Waals surface area contributed by atoms with E-state index in [1.54, 1.807) is 26.0 Å². The quantitative estimate of drug-likeness (QED) is 0.821. The Morgan fingerprint density at radius 1 is 1.33 bits per heavy atom. The molecule has 0 saturated carbocycles. The highest BCUT2D eigenvalue weighted by atomic mass is 19.1. The van der Waals surface area contributed by atoms with Crippen LogP contribution in [-0.2, 0) is 6.42 Å². The number of hydrogen-bond donors (Lipinski definition) is 2. The third-order valence-electron chi connectivity index (χ3n) is 3.52. The van der Waals surface area contributed by atoms with E-state index in [9.17, 15) is 14.6 Å². The molecule has 0 amide bonds. The molecule has 18 heavy (non-hydrogen) atoms. The van der Waals surface area contributed by atoms with Crippen LogP contribution < -0.4 is 4.74 Å². The van der Waals surface area contributed by atoms with Gasteiger partial charge in [-0.3, -0.25) is 0 Å². The maximum absolute atomic E-state index is 13.9. The van der Waals surface area contributed by atoms with Crippen LogP contribution >= 0.6 is 0 Å². The molecule has 0 aliphatic rings. The normalized spacial score (nSPS) is 13.4. The van der Waals surface area contributed by atoms with Gasteiger partial charge in [0, 0.05) is 6.42 Å². The van der Waals surface area contributed by atoms with E-state index in [1.807, 2.05) is 0 Å². The van der Waals surface area contributed by atoms with Crippen LogP contribution in [0.3, 0.4) is 0 Å². The van der Waals surface area contributed by atoms with E-state index in [0.717, 1.165) is 0 Å². The van der Waals surface area contributed by atoms with Gasteiger partial charge in [-0.25, -0.2) is 4.39 Å². The van der Waals surface area contributed by atoms with E-state index >= 15 is 0 Å². The molecular formula is C14H21FO3. The lowest BCUT2D eigenvalue weighted by atomic mass is 9.87. The molecule has 0 saturated heterocycles. The van der Waals surface area contributed by atoms with Crippen LogP contribution in [0, 0.1) is 5.82 Å². The van der Waals surface area contributed by atoms with E-state index in [1.165, 1.54) is 13.2 Å². The lowest BCUT2D eigenvalue weighted by molar-refractivity contribution is -0.0792. The smallest absolute Gasteiger partial charge is 0.168 e. The lowest BCUT2D eigenvalue weighted by Gasteiger charge is -2.31. The standard InChI is InChI=1S/C14H21FO3/c1-4-14(17,5-2)12(16)9-10-7-6-8-11(18-3)13(10)15/h6-8,12,16-17H,4-5,9H2,1-3H3. The fourth-order valence-electron chi connectivity index (χ4n) is 1.99. The van der Waals surface area contributed by atoms with Gasteiger partial charge in [-0.1, -0.05) is 26.0 Å². The summed E-state index contributed by atoms with van der Waals surface area (Å²) in [7, 11) is 1.40. The topological polar surface area (TPSA) is 49.7 Å². The zero-order chi connectivity index (χ0) is 13.8. The van der Waals surface area contributed by atoms with Crippen LogP contribution in [0.1, 0.15) is 32.3 Å². The first-order chi connectivity index (χ1) is 8.48. The molecule has 1 aromatic carbocycles. The molecule has 1 unspecified atom stereocenters. The summed E-state index contributed by atoms with van der Waals surface area (Å²) in [5.41, 5.74) is -0.822. The number of methoxy groups -OCH3 is 1. The van der Waals surface area contributed by atoms with Crippen molar-refractivity contribution >= 4 is 0 Å². The Kier molecular flexibility index (Phi) is 5.11. The molecule has 0 radical (unpaired) electrons. The fourth-order valence-corrected chi connectivity index (χ4v) is 1.99. The molecule has 0 spiro atoms. The summed E-state index contributed by atoms with van der Waals surface area (Å²) >= 11 is 0. The van der Waals surface area contributed by atoms with Crippen LogP contribution in [0.25, 0.3) is 0 Å². The highest BCUT2D eigenvalue weighted by Gasteiger charge is 2.32. The molecule has 0 heterocycles. The van der Waals surface area contributed by atoms with Crippen LogP contribution in [0.2, 0.25) is 0 Å². The van der Waals surface area contributed by atoms with Crippen molar-refractivity contribution in [3.8, 4) is 5.75 Å². The predicted octanol–water partition coefficient (Wildman–Crippen LogP) is 2.29. The molecule has 4 heteroatoms. The van der Waals surface area contributed by atoms with Gasteiger partial charge < -0.3 is 14.9 Å². The van der Waals surface area contributed by atoms with Crippen LogP contribution in [-0.4, -0.2) is 29.0 Å². The Morgan fingerprint density at radius 2 is 1.94 bits per heavy atom. The minimum absolute atomic E-state index is 0.0706. The summed E-state index contributed by atoms with van der Waals surface area (Å²) in [4.78, 5) is 0. The summed E-state index contributed by atoms with van der Waals surface area (Å²) in [6.45, 7) is 3.60. The first-order valence-electron chi connectivity index (χ1n) is 6.20. The largest absolute Gasteiger partial charge is 0.494 e. The van der Waals surface area contributed by atoms with Crippen molar-refractivity contribution in [3.05, 3.63) is 29.6 Å². The molecule has 1 aromatic rings. The molecule has 3 nitrogen and oxygen atoms in total. The van der Waals surface area contributed by atoms with Crippen molar-refractivity contribution < 1.29 is 19.3 Å². The molecule has 0 aliphatic heterocycles. The molecule has 1 rings (SSSR count). The second-order valence-corrected chi connectivity index (χ2v) is 4.46. The minimum atomic E-state index is -1.17. The summed E-state index contributed by atoms with van der Waals surface area (Å²) in [5.74, 6) is -0.329. The molecule has 102 valence electrons. The second-order valence-electron chi connectivity index (χ2n) is 4.46. The minimum Gasteiger partial charge on any atom is -0.494 e. The van der Waals surface area contributed by atoms with Gasteiger partial charge in [-0.05, 0) is 24.5 Å². The van der Waals surface area contributed by atoms with E-state index in [2.05, 4.69) is 0 Å². The van der Waals surface area contributed by atoms with Gasteiger partial charge in [0.25, 0.3) is 0 Å². The van der Waals surface area contributed by atoms with Gasteiger partial charge in [0.05, 0.1) is 18.8 Å². The Bertz CT molecular complexity index is 389. The maximum atomic E-state index is 13.9. The third-order valence-corrected chi connectivity index (χ3v) is 3.52. The highest BCUT2D eigenvalue weighted by Crippen LogP contribution is 2.26. The van der Waals surface area contributed by atoms with Crippen molar-refractivity contribution in [1.82, 2.24) is 0 Å². The van der Waals surface area contributed by atoms with Crippen LogP contribution in [0.5, 0.6) is 5.75 Å². The van der Waals surface area contributed by atoms with Gasteiger partial charge in [-0.2, -0.15) is 0 Å². The SMILES string of the molecule is CCC(O)(CC)C(O)Cc1cccc(OC)c1F. The average Bonchev–Trinajstić information content (AvgIpc) is 2.40. The fraction of sp³-hybridized carbons (Fsp3) is 0.571. The number of aliphatic hydroxyl groups excluding tert-OH is 1. The van der Waals surface area contributed by atoms with Crippen molar-refractivity contribution in [1.29, 1.82) is 0 Å². The number of rotatable bonds is 6. The number of halogens is 1. The van der Waals surface area contributed by atoms with E-state index in [4.69, 9.17) is 4.74 Å². The molecule has 0 fully saturated rings. The summed E-state index contributed by atoms with van der Waals surface area (Å²) in [6, 6.07) is 4.78. The Morgan fingerprint density at radius 3 is 2.44 bits per heavy atom. The zero-order valence-electron chi connectivity index (χ0n) is 11.1. The first-order valence-corrected chi connectivity index (χ1v) is 6.20. The van der Waals surface area contributed by atoms with Gasteiger partial charge in [0.2, 0.25) is 0 Å². The first kappa shape index (κ1) is 14.9. The van der Waals surface area contributed by atoms with Crippen molar-refractivity contribution in [2.75, 3.05) is 7.11 Å². The summed E-state index contributed by atoms with van der Waals surface area (Å²) in [5, 5.41) is 20.2. The van der Waals surface area contributed by atoms with E-state index < -0.39 is 17.5 Å². The molecule has 2 N–H and O–H groups in total. The summed E-state index contributed by atoms with van der Waals surface area (Å²) < 4.78 is 18.8. The predicted molar refractivity (Wildman–Crippen MR) is 68.2 cm³/mol. The second kappa shape index (κ2) is 6.16. The number of aliphatic hydroxyl groups is 2. The van der Waals surface area contributed by atoms with Gasteiger partial charge >= 0.3 is 0 Å². The monoisotopic (exact) mass is 256 g/mol. The molecular weight excluding hydrogens is 235 g/mol. The van der Waals surface area contributed by atoms with E-state index in [-0.39, 0.29) is 12.2 Å². The Balaban J connectivity index is 2.91. The van der Waals surface area contributed by atoms with Gasteiger partial charge in [-0.15, -0.1) is 0 Å². The number of benzene rings is 1. The van der Waals surface area contributed by atoms with Crippen molar-refractivity contribution in [2.45, 2.75) is 44.8 Å². The van der Waals surface area contributed by atoms with Crippen LogP contribution in [0.15, 0.2) is 18.2 Å². The summed E-state index contributed by atoms with van der Waals surface area (Å²) in [6.07, 6.45) is -0.0672. The van der Waals surface area contributed by atoms with Crippen molar-refractivity contribution in [2.24, 2.45) is 0 Å². The molecule has 0 aliphatic carbocycles. The van der Waals surface area contributed by atoms with Gasteiger partial charge in [0.15, 0.2) is 11.6 Å². The lowest BCUT2D eigenvalue weighted by Crippen LogP contribution is -2.42. The number of hydrogen-bond acceptors (Lipinski definition) is 3. The Hall–Kier alpha value is -1.13. The molecule has 0 aromatic heterocycles. The zero-order valence-corrected chi connectivity index (χ0v) is 11.1. The van der Waals surface area contributed by atoms with Gasteiger partial charge in [0.1, 0.15) is 0 Å². The average molecular weight is 256 g/mol. The number of ether oxygens (including phenoxy) is 1. The van der Waals surface area contributed by atoms with Crippen LogP contribution in [0.4, 0.5) is 4.39 Å². The van der Waals surface area contributed by atoms with E-state index in [0.29, 0.717) is 18.4 Å². The maximum Gasteiger partial charge on any atom is 0.168 e.